The summed E-state index contributed by atoms with van der Waals surface area (Å²) in [4.78, 5) is 0. The Morgan fingerprint density at radius 1 is 0.185 bits per heavy atom. The Bertz CT molecular complexity index is 11100. The van der Waals surface area contributed by atoms with Crippen molar-refractivity contribution in [2.75, 3.05) is 0 Å². The fourth-order valence-corrected chi connectivity index (χ4v) is 25.8. The van der Waals surface area contributed by atoms with E-state index in [-0.39, 0.29) is 5.41 Å². The molecule has 7 heterocycles. The van der Waals surface area contributed by atoms with Crippen LogP contribution >= 0.6 is 11.3 Å². The maximum atomic E-state index is 6.29. The molecule has 0 amide bonds. The van der Waals surface area contributed by atoms with Crippen LogP contribution in [-0.2, 0) is 5.41 Å². The molecular formula is C139H89N5OS. The first-order valence-corrected chi connectivity index (χ1v) is 51.2. The lowest BCUT2D eigenvalue weighted by Gasteiger charge is -2.21. The van der Waals surface area contributed by atoms with Gasteiger partial charge in [0.05, 0.1) is 60.9 Å². The van der Waals surface area contributed by atoms with Crippen molar-refractivity contribution in [3.63, 3.8) is 0 Å². The van der Waals surface area contributed by atoms with Gasteiger partial charge in [-0.3, -0.25) is 0 Å². The van der Waals surface area contributed by atoms with E-state index in [0.717, 1.165) is 33.1 Å². The number of hydrogen-bond acceptors (Lipinski definition) is 2. The van der Waals surface area contributed by atoms with E-state index in [1.54, 1.807) is 0 Å². The molecular weight excluding hydrogens is 1790 g/mol. The van der Waals surface area contributed by atoms with E-state index in [1.165, 1.54) is 255 Å². The van der Waals surface area contributed by atoms with Gasteiger partial charge in [-0.05, 0) is 226 Å². The van der Waals surface area contributed by atoms with E-state index in [9.17, 15) is 0 Å². The van der Waals surface area contributed by atoms with Gasteiger partial charge in [0.1, 0.15) is 11.2 Å². The Morgan fingerprint density at radius 2 is 0.651 bits per heavy atom. The van der Waals surface area contributed by atoms with Crippen molar-refractivity contribution in [2.24, 2.45) is 0 Å². The van der Waals surface area contributed by atoms with Crippen molar-refractivity contribution in [3.05, 3.63) is 515 Å². The van der Waals surface area contributed by atoms with Crippen LogP contribution in [-0.4, -0.2) is 22.8 Å². The molecule has 7 heteroatoms. The molecule has 1 aliphatic rings. The van der Waals surface area contributed by atoms with E-state index >= 15 is 0 Å². The van der Waals surface area contributed by atoms with Crippen molar-refractivity contribution in [1.29, 1.82) is 0 Å². The first kappa shape index (κ1) is 83.2. The summed E-state index contributed by atoms with van der Waals surface area (Å²) in [5.41, 5.74) is 28.1. The van der Waals surface area contributed by atoms with Crippen LogP contribution in [0.4, 0.5) is 0 Å². The van der Waals surface area contributed by atoms with E-state index in [1.807, 2.05) is 23.5 Å². The fraction of sp³-hybridized carbons (Fsp3) is 0.0216. The van der Waals surface area contributed by atoms with E-state index in [2.05, 4.69) is 528 Å². The molecule has 0 atom stereocenters. The van der Waals surface area contributed by atoms with Crippen LogP contribution in [0.15, 0.2) is 508 Å². The van der Waals surface area contributed by atoms with Crippen LogP contribution < -0.4 is 0 Å². The van der Waals surface area contributed by atoms with Crippen LogP contribution in [0.2, 0.25) is 0 Å². The minimum atomic E-state index is -0.0668. The zero-order chi connectivity index (χ0) is 96.1. The lowest BCUT2D eigenvalue weighted by Crippen LogP contribution is -2.14. The highest BCUT2D eigenvalue weighted by atomic mass is 32.1. The molecule has 1 aliphatic carbocycles. The molecule has 682 valence electrons. The highest BCUT2D eigenvalue weighted by Gasteiger charge is 2.37. The van der Waals surface area contributed by atoms with E-state index in [4.69, 9.17) is 4.42 Å². The molecule has 33 rings (SSSR count). The summed E-state index contributed by atoms with van der Waals surface area (Å²) in [5, 5.41) is 35.7. The number of benzene rings is 25. The fourth-order valence-electron chi connectivity index (χ4n) is 24.7. The zero-order valence-electron chi connectivity index (χ0n) is 80.0. The average Bonchev–Trinajstić information content (AvgIpc) is 1.52. The lowest BCUT2D eigenvalue weighted by molar-refractivity contribution is 0.661. The van der Waals surface area contributed by atoms with Crippen molar-refractivity contribution in [2.45, 2.75) is 19.3 Å². The predicted octanol–water partition coefficient (Wildman–Crippen LogP) is 38.5. The molecule has 6 nitrogen and oxygen atoms in total. The molecule has 0 fully saturated rings. The van der Waals surface area contributed by atoms with Gasteiger partial charge in [0.25, 0.3) is 0 Å². The van der Waals surface area contributed by atoms with E-state index in [0.29, 0.717) is 0 Å². The van der Waals surface area contributed by atoms with Crippen LogP contribution in [0, 0.1) is 0 Å². The second-order valence-corrected chi connectivity index (χ2v) is 40.7. The predicted molar refractivity (Wildman–Crippen MR) is 623 cm³/mol. The first-order chi connectivity index (χ1) is 72.2. The van der Waals surface area contributed by atoms with Crippen LogP contribution in [0.3, 0.4) is 0 Å². The second kappa shape index (κ2) is 32.7. The molecule has 32 aromatic rings. The Kier molecular flexibility index (Phi) is 18.6. The number of hydrogen-bond donors (Lipinski definition) is 0. The zero-order valence-corrected chi connectivity index (χ0v) is 80.8. The summed E-state index contributed by atoms with van der Waals surface area (Å²) in [5.74, 6) is 0. The molecule has 0 saturated heterocycles. The smallest absolute Gasteiger partial charge is 0.137 e. The summed E-state index contributed by atoms with van der Waals surface area (Å²) in [6, 6.07) is 183. The van der Waals surface area contributed by atoms with Crippen LogP contribution in [0.5, 0.6) is 0 Å². The molecule has 0 aliphatic heterocycles. The maximum absolute atomic E-state index is 6.29. The van der Waals surface area contributed by atoms with Gasteiger partial charge in [0.15, 0.2) is 0 Å². The minimum absolute atomic E-state index is 0.0668. The van der Waals surface area contributed by atoms with Crippen molar-refractivity contribution >= 4 is 238 Å². The molecule has 0 spiro atoms. The Labute approximate surface area is 843 Å². The summed E-state index contributed by atoms with van der Waals surface area (Å²) in [6.07, 6.45) is 0. The van der Waals surface area contributed by atoms with Gasteiger partial charge in [-0.1, -0.05) is 378 Å². The molecule has 0 radical (unpaired) electrons. The topological polar surface area (TPSA) is 37.8 Å². The SMILES string of the molecule is CC1(C)c2ccccc2-c2cc3c4c5ccccc5c5ccccc5c4n(-c4ccc(-c5ccccc5)cc4)c3cc21.c1ccc(-n2c3ccccc3c3cc4c5ccc6ccccc6c5n(-c5ccccc5)c4cc32)cc1.c1ccc2cc(-n3c4cc5oc6ccccc6c5cc4c4c5ccccc5ccc43)ccc2c1.c1ccc2cc3c(cc2c1)c1cc2c(cc1n3-c1cccc3ccccc13)sc1ccccc12. The molecule has 25 aromatic carbocycles. The van der Waals surface area contributed by atoms with Crippen LogP contribution in [0.25, 0.3) is 277 Å². The summed E-state index contributed by atoms with van der Waals surface area (Å²) >= 11 is 1.88. The maximum Gasteiger partial charge on any atom is 0.137 e. The number of rotatable bonds is 6. The third kappa shape index (κ3) is 12.8. The number of thiophene rings is 1. The van der Waals surface area contributed by atoms with Gasteiger partial charge >= 0.3 is 0 Å². The summed E-state index contributed by atoms with van der Waals surface area (Å²) in [7, 11) is 0. The third-order valence-electron chi connectivity index (χ3n) is 31.3. The summed E-state index contributed by atoms with van der Waals surface area (Å²) in [6.45, 7) is 4.74. The van der Waals surface area contributed by atoms with Gasteiger partial charge in [0, 0.05) is 135 Å². The standard InChI is InChI=1S/C41H29N.C34H22N2.C32H19NO.C32H19NS/c1-41(2)36-19-11-10-16-31(36)34-24-35-38(25-37(34)41)42(28-22-20-27(21-23-28)26-12-4-3-5-13-26)40-33-18-9-7-15-30(33)29-14-6-8-17-32(29)39(35)40;1-3-12-24(13-4-1)35-31-18-10-9-17-27(31)29-21-30-28-20-19-23-11-7-8-16-26(23)34(28)36(33(30)22-32(29)35)25-14-5-2-6-15-25;1-2-9-22-17-23(15-13-20(22)7-1)33-28-16-14-21-8-3-4-10-24(21)32(28)27-18-26-25-11-5-6-12-30(25)34-31(26)19-29(27)33;1-2-10-22-17-29-25(16-21(22)9-1)26-18-27-24-13-5-6-15-31(24)34-32(27)19-30(26)33(29)28-14-7-11-20-8-3-4-12-23(20)28/h3-25H,1-2H3;1-22H;2*1-19H. The monoisotopic (exact) mass is 1880 g/mol. The summed E-state index contributed by atoms with van der Waals surface area (Å²) < 4.78 is 21.2. The number of aromatic nitrogens is 5. The van der Waals surface area contributed by atoms with Gasteiger partial charge in [-0.25, -0.2) is 0 Å². The van der Waals surface area contributed by atoms with Gasteiger partial charge in [-0.2, -0.15) is 0 Å². The minimum Gasteiger partial charge on any atom is -0.456 e. The van der Waals surface area contributed by atoms with Crippen LogP contribution in [0.1, 0.15) is 25.0 Å². The third-order valence-corrected chi connectivity index (χ3v) is 32.5. The number of furan rings is 1. The largest absolute Gasteiger partial charge is 0.456 e. The van der Waals surface area contributed by atoms with Crippen molar-refractivity contribution in [1.82, 2.24) is 22.8 Å². The molecule has 146 heavy (non-hydrogen) atoms. The molecule has 0 unspecified atom stereocenters. The highest BCUT2D eigenvalue weighted by molar-refractivity contribution is 7.25. The average molecular weight is 1880 g/mol. The van der Waals surface area contributed by atoms with Gasteiger partial charge < -0.3 is 27.3 Å². The first-order valence-electron chi connectivity index (χ1n) is 50.4. The van der Waals surface area contributed by atoms with Crippen molar-refractivity contribution < 1.29 is 4.42 Å². The number of nitrogens with zero attached hydrogens (tertiary/aromatic N) is 5. The number of fused-ring (bicyclic) bond motifs is 36. The van der Waals surface area contributed by atoms with E-state index < -0.39 is 0 Å². The van der Waals surface area contributed by atoms with Gasteiger partial charge in [0.2, 0.25) is 0 Å². The molecule has 7 aromatic heterocycles. The molecule has 0 saturated carbocycles. The normalized spacial score (nSPS) is 12.5. The second-order valence-electron chi connectivity index (χ2n) is 39.6. The Morgan fingerprint density at radius 3 is 1.42 bits per heavy atom. The number of para-hydroxylation sites is 4. The quantitative estimate of drug-likeness (QED) is 0.153. The lowest BCUT2D eigenvalue weighted by atomic mass is 9.82. The molecule has 0 bridgehead atoms. The Balaban J connectivity index is 0.0000000905. The van der Waals surface area contributed by atoms with Gasteiger partial charge in [-0.15, -0.1) is 11.3 Å². The molecule has 0 N–H and O–H groups in total. The van der Waals surface area contributed by atoms with Crippen molar-refractivity contribution in [3.8, 4) is 50.7 Å². The highest BCUT2D eigenvalue weighted by Crippen LogP contribution is 2.54. The Hall–Kier alpha value is -18.7.